The molecule has 0 spiro atoms. The number of piperidine rings is 2. The zero-order valence-electron chi connectivity index (χ0n) is 23.6. The van der Waals surface area contributed by atoms with E-state index in [9.17, 15) is 14.7 Å². The van der Waals surface area contributed by atoms with Crippen molar-refractivity contribution in [3.8, 4) is 0 Å². The summed E-state index contributed by atoms with van der Waals surface area (Å²) in [7, 11) is 0. The van der Waals surface area contributed by atoms with Crippen molar-refractivity contribution < 1.29 is 14.7 Å². The van der Waals surface area contributed by atoms with Gasteiger partial charge in [0.05, 0.1) is 6.10 Å². The van der Waals surface area contributed by atoms with E-state index in [0.717, 1.165) is 49.9 Å². The lowest BCUT2D eigenvalue weighted by Crippen LogP contribution is -2.56. The van der Waals surface area contributed by atoms with Crippen LogP contribution < -0.4 is 5.32 Å². The molecule has 0 aliphatic carbocycles. The molecule has 4 heterocycles. The number of rotatable bonds is 5. The quantitative estimate of drug-likeness (QED) is 0.500. The Labute approximate surface area is 241 Å². The molecule has 2 fully saturated rings. The van der Waals surface area contributed by atoms with Crippen molar-refractivity contribution in [2.24, 2.45) is 0 Å². The van der Waals surface area contributed by atoms with Gasteiger partial charge in [0.15, 0.2) is 0 Å². The summed E-state index contributed by atoms with van der Waals surface area (Å²) >= 11 is 0. The minimum atomic E-state index is -0.606. The van der Waals surface area contributed by atoms with Gasteiger partial charge in [0.2, 0.25) is 0 Å². The molecule has 0 saturated carbocycles. The molecular formula is C32H38N6O3. The number of amides is 2. The maximum absolute atomic E-state index is 13.3. The number of carbonyl (C=O) groups excluding carboxylic acids is 2. The van der Waals surface area contributed by atoms with Crippen LogP contribution in [0.3, 0.4) is 0 Å². The van der Waals surface area contributed by atoms with E-state index in [4.69, 9.17) is 0 Å². The molecule has 2 amide bonds. The number of hydrogen-bond donors (Lipinski definition) is 2. The van der Waals surface area contributed by atoms with Crippen LogP contribution in [-0.4, -0.2) is 92.5 Å². The second-order valence-electron chi connectivity index (χ2n) is 11.5. The van der Waals surface area contributed by atoms with Crippen molar-refractivity contribution in [3.63, 3.8) is 0 Å². The van der Waals surface area contributed by atoms with Gasteiger partial charge in [-0.15, -0.1) is 0 Å². The summed E-state index contributed by atoms with van der Waals surface area (Å²) < 4.78 is 0. The van der Waals surface area contributed by atoms with E-state index in [1.54, 1.807) is 11.0 Å². The van der Waals surface area contributed by atoms with Gasteiger partial charge in [0.25, 0.3) is 11.8 Å². The first-order valence-electron chi connectivity index (χ1n) is 14.7. The lowest BCUT2D eigenvalue weighted by Gasteiger charge is -2.43. The second kappa shape index (κ2) is 12.0. The monoisotopic (exact) mass is 554 g/mol. The van der Waals surface area contributed by atoms with E-state index in [1.165, 1.54) is 17.5 Å². The van der Waals surface area contributed by atoms with E-state index in [0.29, 0.717) is 37.7 Å². The predicted octanol–water partition coefficient (Wildman–Crippen LogP) is 3.14. The molecule has 0 radical (unpaired) electrons. The van der Waals surface area contributed by atoms with Crippen molar-refractivity contribution in [3.05, 3.63) is 88.9 Å². The van der Waals surface area contributed by atoms with E-state index in [-0.39, 0.29) is 23.9 Å². The number of fused-ring (bicyclic) bond motifs is 1. The molecule has 9 heteroatoms. The molecule has 3 aliphatic rings. The fraction of sp³-hybridized carbons (Fsp3) is 0.438. The summed E-state index contributed by atoms with van der Waals surface area (Å²) in [4.78, 5) is 40.8. The molecule has 2 atom stereocenters. The SMILES string of the molecule is Cc1ccc(C(=O)N2CCC(Nc3cc(C(=O)N4CC[C@@H](N5CCc6ccccc6C5)[C@H](O)C4)ncn3)CC2)cc1. The van der Waals surface area contributed by atoms with Crippen molar-refractivity contribution in [1.29, 1.82) is 0 Å². The third kappa shape index (κ3) is 6.11. The molecular weight excluding hydrogens is 516 g/mol. The molecule has 41 heavy (non-hydrogen) atoms. The second-order valence-corrected chi connectivity index (χ2v) is 11.5. The van der Waals surface area contributed by atoms with Gasteiger partial charge in [-0.25, -0.2) is 9.97 Å². The van der Waals surface area contributed by atoms with Gasteiger partial charge in [0.1, 0.15) is 17.8 Å². The number of aliphatic hydroxyl groups is 1. The van der Waals surface area contributed by atoms with Gasteiger partial charge in [-0.05, 0) is 55.9 Å². The van der Waals surface area contributed by atoms with Crippen molar-refractivity contribution >= 4 is 17.6 Å². The lowest BCUT2D eigenvalue weighted by atomic mass is 9.94. The van der Waals surface area contributed by atoms with Gasteiger partial charge in [-0.3, -0.25) is 14.5 Å². The van der Waals surface area contributed by atoms with Crippen LogP contribution in [0, 0.1) is 6.92 Å². The maximum atomic E-state index is 13.3. The van der Waals surface area contributed by atoms with E-state index in [2.05, 4.69) is 44.5 Å². The Morgan fingerprint density at radius 1 is 0.878 bits per heavy atom. The molecule has 0 bridgehead atoms. The van der Waals surface area contributed by atoms with Crippen molar-refractivity contribution in [2.75, 3.05) is 38.0 Å². The van der Waals surface area contributed by atoms with Crippen LogP contribution in [0.15, 0.2) is 60.9 Å². The minimum absolute atomic E-state index is 0.0405. The van der Waals surface area contributed by atoms with Crippen molar-refractivity contribution in [2.45, 2.75) is 57.3 Å². The number of benzene rings is 2. The smallest absolute Gasteiger partial charge is 0.272 e. The Kier molecular flexibility index (Phi) is 7.98. The number of hydrogen-bond acceptors (Lipinski definition) is 7. The highest BCUT2D eigenvalue weighted by Crippen LogP contribution is 2.26. The van der Waals surface area contributed by atoms with Crippen LogP contribution in [-0.2, 0) is 13.0 Å². The van der Waals surface area contributed by atoms with Gasteiger partial charge < -0.3 is 20.2 Å². The van der Waals surface area contributed by atoms with E-state index >= 15 is 0 Å². The normalized spacial score (nSPS) is 21.8. The molecule has 1 aromatic heterocycles. The van der Waals surface area contributed by atoms with Crippen LogP contribution in [0.4, 0.5) is 5.82 Å². The topological polar surface area (TPSA) is 102 Å². The Morgan fingerprint density at radius 2 is 1.61 bits per heavy atom. The average Bonchev–Trinajstić information content (AvgIpc) is 3.01. The molecule has 2 saturated heterocycles. The van der Waals surface area contributed by atoms with Crippen LogP contribution in [0.1, 0.15) is 56.8 Å². The summed E-state index contributed by atoms with van der Waals surface area (Å²) in [6.45, 7) is 5.98. The number of β-amino-alcohol motifs (C(OH)–C–C–N with tert-alkyl or cyclic N) is 1. The van der Waals surface area contributed by atoms with E-state index in [1.807, 2.05) is 36.1 Å². The maximum Gasteiger partial charge on any atom is 0.272 e. The summed E-state index contributed by atoms with van der Waals surface area (Å²) in [5.41, 5.74) is 4.90. The summed E-state index contributed by atoms with van der Waals surface area (Å²) in [5, 5.41) is 14.5. The Hall–Kier alpha value is -3.82. The third-order valence-electron chi connectivity index (χ3n) is 8.78. The highest BCUT2D eigenvalue weighted by atomic mass is 16.3. The highest BCUT2D eigenvalue weighted by Gasteiger charge is 2.36. The Bertz CT molecular complexity index is 1390. The minimum Gasteiger partial charge on any atom is -0.390 e. The van der Waals surface area contributed by atoms with Gasteiger partial charge in [-0.1, -0.05) is 42.0 Å². The summed E-state index contributed by atoms with van der Waals surface area (Å²) in [6, 6.07) is 18.1. The molecule has 3 aromatic rings. The van der Waals surface area contributed by atoms with E-state index < -0.39 is 6.10 Å². The number of likely N-dealkylation sites (tertiary alicyclic amines) is 2. The van der Waals surface area contributed by atoms with Crippen LogP contribution in [0.25, 0.3) is 0 Å². The zero-order valence-corrected chi connectivity index (χ0v) is 23.6. The predicted molar refractivity (Wildman–Crippen MR) is 157 cm³/mol. The summed E-state index contributed by atoms with van der Waals surface area (Å²) in [6.07, 6.45) is 4.12. The molecule has 3 aliphatic heterocycles. The largest absolute Gasteiger partial charge is 0.390 e. The number of nitrogens with one attached hydrogen (secondary N) is 1. The molecule has 6 rings (SSSR count). The number of anilines is 1. The van der Waals surface area contributed by atoms with Gasteiger partial charge in [-0.2, -0.15) is 0 Å². The average molecular weight is 555 g/mol. The standard InChI is InChI=1S/C32H38N6O3/c1-22-6-8-24(9-7-22)31(40)36-15-11-26(12-16-36)35-30-18-27(33-21-34-30)32(41)38-17-13-28(29(39)20-38)37-14-10-23-4-2-3-5-25(23)19-37/h2-9,18,21,26,28-29,39H,10-17,19-20H2,1H3,(H,33,34,35)/t28-,29-/m1/s1. The zero-order chi connectivity index (χ0) is 28.3. The summed E-state index contributed by atoms with van der Waals surface area (Å²) in [5.74, 6) is 0.485. The molecule has 9 nitrogen and oxygen atoms in total. The number of nitrogens with zero attached hydrogens (tertiary/aromatic N) is 5. The Morgan fingerprint density at radius 3 is 2.37 bits per heavy atom. The van der Waals surface area contributed by atoms with Gasteiger partial charge >= 0.3 is 0 Å². The van der Waals surface area contributed by atoms with Crippen molar-refractivity contribution in [1.82, 2.24) is 24.7 Å². The van der Waals surface area contributed by atoms with Crippen LogP contribution in [0.5, 0.6) is 0 Å². The number of aryl methyl sites for hydroxylation is 1. The van der Waals surface area contributed by atoms with Gasteiger partial charge in [0, 0.05) is 63.0 Å². The van der Waals surface area contributed by atoms with Crippen LogP contribution in [0.2, 0.25) is 0 Å². The molecule has 0 unspecified atom stereocenters. The molecule has 214 valence electrons. The first-order chi connectivity index (χ1) is 19.9. The number of aliphatic hydroxyl groups excluding tert-OH is 1. The molecule has 2 aromatic carbocycles. The van der Waals surface area contributed by atoms with Crippen LogP contribution >= 0.6 is 0 Å². The first kappa shape index (κ1) is 27.4. The Balaban J connectivity index is 1.01. The number of aromatic nitrogens is 2. The first-order valence-corrected chi connectivity index (χ1v) is 14.7. The lowest BCUT2D eigenvalue weighted by molar-refractivity contribution is -0.0139. The highest BCUT2D eigenvalue weighted by molar-refractivity contribution is 5.94. The molecule has 2 N–H and O–H groups in total. The fourth-order valence-electron chi connectivity index (χ4n) is 6.36. The fourth-order valence-corrected chi connectivity index (χ4v) is 6.36. The third-order valence-corrected chi connectivity index (χ3v) is 8.78. The number of carbonyl (C=O) groups is 2.